The standard InChI is InChI=1S/C19H22O5/c1-10-15-8-12(20)7-13-14(19(15,2)6-5-16(21)24-10)4-3-11-9-23-18(22)17(11)13/h5-7,10-11,14-15,17H,3-4,8-9H2,1-2H3/t10-,11?,14?,15?,17?,19-/m1/s1. The van der Waals surface area contributed by atoms with Crippen LogP contribution >= 0.6 is 0 Å². The molecule has 2 aliphatic carbocycles. The molecule has 24 heavy (non-hydrogen) atoms. The first-order valence-electron chi connectivity index (χ1n) is 8.71. The topological polar surface area (TPSA) is 69.7 Å². The van der Waals surface area contributed by atoms with E-state index in [9.17, 15) is 14.4 Å². The maximum absolute atomic E-state index is 12.6. The van der Waals surface area contributed by atoms with Crippen molar-refractivity contribution in [3.05, 3.63) is 23.8 Å². The molecule has 2 aliphatic heterocycles. The van der Waals surface area contributed by atoms with Gasteiger partial charge in [-0.25, -0.2) is 4.79 Å². The second-order valence-electron chi connectivity index (χ2n) is 7.76. The lowest BCUT2D eigenvalue weighted by molar-refractivity contribution is -0.146. The van der Waals surface area contributed by atoms with E-state index in [0.29, 0.717) is 13.0 Å². The zero-order valence-electron chi connectivity index (χ0n) is 14.0. The average molecular weight is 330 g/mol. The van der Waals surface area contributed by atoms with Crippen LogP contribution in [0.5, 0.6) is 0 Å². The number of hydrogen-bond acceptors (Lipinski definition) is 5. The van der Waals surface area contributed by atoms with Crippen molar-refractivity contribution in [1.82, 2.24) is 0 Å². The van der Waals surface area contributed by atoms with E-state index >= 15 is 0 Å². The molecular weight excluding hydrogens is 308 g/mol. The van der Waals surface area contributed by atoms with Gasteiger partial charge in [0.15, 0.2) is 5.78 Å². The molecule has 1 saturated heterocycles. The molecule has 0 N–H and O–H groups in total. The summed E-state index contributed by atoms with van der Waals surface area (Å²) in [5.41, 5.74) is 0.534. The van der Waals surface area contributed by atoms with Crippen LogP contribution in [0.4, 0.5) is 0 Å². The molecule has 0 spiro atoms. The molecule has 6 atom stereocenters. The molecule has 0 radical (unpaired) electrons. The maximum atomic E-state index is 12.6. The Balaban J connectivity index is 1.83. The minimum Gasteiger partial charge on any atom is -0.465 e. The third-order valence-corrected chi connectivity index (χ3v) is 6.50. The third-order valence-electron chi connectivity index (χ3n) is 6.50. The van der Waals surface area contributed by atoms with E-state index in [1.54, 1.807) is 6.08 Å². The molecule has 5 nitrogen and oxygen atoms in total. The highest BCUT2D eigenvalue weighted by Gasteiger charge is 2.54. The summed E-state index contributed by atoms with van der Waals surface area (Å²) < 4.78 is 10.7. The summed E-state index contributed by atoms with van der Waals surface area (Å²) in [6.45, 7) is 4.42. The van der Waals surface area contributed by atoms with E-state index < -0.39 is 0 Å². The number of carbonyl (C=O) groups excluding carboxylic acids is 3. The minimum atomic E-state index is -0.378. The molecule has 1 saturated carbocycles. The third kappa shape index (κ3) is 2.17. The van der Waals surface area contributed by atoms with Gasteiger partial charge in [0.1, 0.15) is 6.10 Å². The summed E-state index contributed by atoms with van der Waals surface area (Å²) in [5, 5.41) is 0. The molecule has 4 rings (SSSR count). The quantitative estimate of drug-likeness (QED) is 0.637. The smallest absolute Gasteiger partial charge is 0.330 e. The first-order chi connectivity index (χ1) is 11.4. The van der Waals surface area contributed by atoms with Gasteiger partial charge in [0.25, 0.3) is 0 Å². The van der Waals surface area contributed by atoms with Crippen LogP contribution in [0.2, 0.25) is 0 Å². The Kier molecular flexibility index (Phi) is 3.44. The Bertz CT molecular complexity index is 675. The van der Waals surface area contributed by atoms with E-state index in [-0.39, 0.29) is 52.9 Å². The first kappa shape index (κ1) is 15.6. The van der Waals surface area contributed by atoms with E-state index in [1.165, 1.54) is 6.08 Å². The fourth-order valence-corrected chi connectivity index (χ4v) is 5.25. The van der Waals surface area contributed by atoms with Crippen LogP contribution < -0.4 is 0 Å². The number of allylic oxidation sites excluding steroid dienone is 2. The fourth-order valence-electron chi connectivity index (χ4n) is 5.25. The lowest BCUT2D eigenvalue weighted by atomic mass is 9.57. The molecule has 0 aromatic carbocycles. The summed E-state index contributed by atoms with van der Waals surface area (Å²) in [6.07, 6.45) is 6.91. The van der Waals surface area contributed by atoms with Gasteiger partial charge >= 0.3 is 11.9 Å². The van der Waals surface area contributed by atoms with Crippen molar-refractivity contribution in [3.63, 3.8) is 0 Å². The zero-order chi connectivity index (χ0) is 17.1. The molecule has 128 valence electrons. The number of ether oxygens (including phenoxy) is 2. The SMILES string of the molecule is C[C@H]1OC(=O)C=C[C@]2(C)C3CCC4COC(=O)C4C3=CC(=O)CC12. The minimum absolute atomic E-state index is 0.0160. The summed E-state index contributed by atoms with van der Waals surface area (Å²) in [5.74, 6) is -0.686. The molecule has 4 unspecified atom stereocenters. The monoisotopic (exact) mass is 330 g/mol. The highest BCUT2D eigenvalue weighted by molar-refractivity contribution is 5.93. The van der Waals surface area contributed by atoms with E-state index in [0.717, 1.165) is 18.4 Å². The lowest BCUT2D eigenvalue weighted by Gasteiger charge is -2.45. The van der Waals surface area contributed by atoms with E-state index in [2.05, 4.69) is 6.92 Å². The molecule has 4 aliphatic rings. The van der Waals surface area contributed by atoms with Crippen LogP contribution in [0.25, 0.3) is 0 Å². The van der Waals surface area contributed by atoms with Crippen LogP contribution in [0.3, 0.4) is 0 Å². The number of rotatable bonds is 0. The summed E-state index contributed by atoms with van der Waals surface area (Å²) in [4.78, 5) is 36.7. The fraction of sp³-hybridized carbons (Fsp3) is 0.632. The molecule has 2 fully saturated rings. The van der Waals surface area contributed by atoms with Crippen molar-refractivity contribution in [1.29, 1.82) is 0 Å². The van der Waals surface area contributed by atoms with Gasteiger partial charge in [0.2, 0.25) is 0 Å². The maximum Gasteiger partial charge on any atom is 0.330 e. The first-order valence-corrected chi connectivity index (χ1v) is 8.71. The van der Waals surface area contributed by atoms with Gasteiger partial charge < -0.3 is 9.47 Å². The number of cyclic esters (lactones) is 2. The van der Waals surface area contributed by atoms with Gasteiger partial charge in [-0.1, -0.05) is 13.0 Å². The number of hydrogen-bond donors (Lipinski definition) is 0. The predicted molar refractivity (Wildman–Crippen MR) is 84.7 cm³/mol. The lowest BCUT2D eigenvalue weighted by Crippen LogP contribution is -2.43. The highest BCUT2D eigenvalue weighted by Crippen LogP contribution is 2.56. The highest BCUT2D eigenvalue weighted by atomic mass is 16.5. The number of fused-ring (bicyclic) bond motifs is 5. The number of esters is 2. The molecule has 0 aromatic rings. The van der Waals surface area contributed by atoms with Crippen molar-refractivity contribution in [2.75, 3.05) is 6.61 Å². The van der Waals surface area contributed by atoms with E-state index in [4.69, 9.17) is 9.47 Å². The normalized spacial score (nSPS) is 44.3. The second-order valence-corrected chi connectivity index (χ2v) is 7.76. The predicted octanol–water partition coefficient (Wildman–Crippen LogP) is 2.21. The van der Waals surface area contributed by atoms with Gasteiger partial charge in [-0.2, -0.15) is 0 Å². The Morgan fingerprint density at radius 2 is 2.00 bits per heavy atom. The Morgan fingerprint density at radius 3 is 2.79 bits per heavy atom. The van der Waals surface area contributed by atoms with Crippen molar-refractivity contribution in [2.24, 2.45) is 29.1 Å². The van der Waals surface area contributed by atoms with Crippen molar-refractivity contribution in [3.8, 4) is 0 Å². The van der Waals surface area contributed by atoms with Crippen LogP contribution in [-0.4, -0.2) is 30.4 Å². The summed E-state index contributed by atoms with van der Waals surface area (Å²) in [6, 6.07) is 0. The van der Waals surface area contributed by atoms with Crippen LogP contribution in [-0.2, 0) is 23.9 Å². The summed E-state index contributed by atoms with van der Waals surface area (Å²) >= 11 is 0. The molecule has 5 heteroatoms. The Labute approximate surface area is 141 Å². The molecule has 0 aromatic heterocycles. The van der Waals surface area contributed by atoms with Gasteiger partial charge in [0, 0.05) is 24.3 Å². The number of ketones is 1. The van der Waals surface area contributed by atoms with Crippen molar-refractivity contribution < 1.29 is 23.9 Å². The molecule has 0 bridgehead atoms. The van der Waals surface area contributed by atoms with Gasteiger partial charge in [-0.3, -0.25) is 9.59 Å². The van der Waals surface area contributed by atoms with Crippen LogP contribution in [0.1, 0.15) is 33.1 Å². The molecular formula is C19H22O5. The van der Waals surface area contributed by atoms with Gasteiger partial charge in [-0.05, 0) is 42.7 Å². The Hall–Kier alpha value is -1.91. The van der Waals surface area contributed by atoms with Crippen molar-refractivity contribution >= 4 is 17.7 Å². The molecule has 2 heterocycles. The van der Waals surface area contributed by atoms with Gasteiger partial charge in [0.05, 0.1) is 12.5 Å². The zero-order valence-corrected chi connectivity index (χ0v) is 14.0. The molecule has 0 amide bonds. The Morgan fingerprint density at radius 1 is 1.21 bits per heavy atom. The van der Waals surface area contributed by atoms with Crippen LogP contribution in [0, 0.1) is 29.1 Å². The van der Waals surface area contributed by atoms with Gasteiger partial charge in [-0.15, -0.1) is 0 Å². The number of carbonyl (C=O) groups is 3. The van der Waals surface area contributed by atoms with E-state index in [1.807, 2.05) is 13.0 Å². The second kappa shape index (κ2) is 5.30. The van der Waals surface area contributed by atoms with Crippen LogP contribution in [0.15, 0.2) is 23.8 Å². The van der Waals surface area contributed by atoms with Crippen molar-refractivity contribution in [2.45, 2.75) is 39.2 Å². The summed E-state index contributed by atoms with van der Waals surface area (Å²) in [7, 11) is 0. The largest absolute Gasteiger partial charge is 0.465 e. The average Bonchev–Trinajstić information content (AvgIpc) is 2.81.